The highest BCUT2D eigenvalue weighted by Crippen LogP contribution is 2.38. The third-order valence-corrected chi connectivity index (χ3v) is 5.49. The van der Waals surface area contributed by atoms with Gasteiger partial charge in [-0.25, -0.2) is 4.98 Å². The van der Waals surface area contributed by atoms with E-state index in [1.807, 2.05) is 36.4 Å². The minimum Gasteiger partial charge on any atom is -0.235 e. The van der Waals surface area contributed by atoms with Crippen LogP contribution in [0.5, 0.6) is 0 Å². The molecule has 0 bridgehead atoms. The highest BCUT2D eigenvalue weighted by atomic mass is 35.5. The Bertz CT molecular complexity index is 995. The molecule has 4 heteroatoms. The van der Waals surface area contributed by atoms with Gasteiger partial charge in [0.25, 0.3) is 0 Å². The van der Waals surface area contributed by atoms with Crippen LogP contribution in [0.4, 0.5) is 0 Å². The van der Waals surface area contributed by atoms with Crippen molar-refractivity contribution in [1.82, 2.24) is 4.98 Å². The van der Waals surface area contributed by atoms with Gasteiger partial charge >= 0.3 is 0 Å². The van der Waals surface area contributed by atoms with Crippen molar-refractivity contribution in [2.24, 2.45) is 0 Å². The predicted molar refractivity (Wildman–Crippen MR) is 99.9 cm³/mol. The monoisotopic (exact) mass is 348 g/mol. The molecule has 116 valence electrons. The number of allylic oxidation sites excluding steroid dienone is 1. The molecule has 0 saturated heterocycles. The molecule has 1 aromatic heterocycles. The van der Waals surface area contributed by atoms with E-state index in [9.17, 15) is 5.26 Å². The van der Waals surface area contributed by atoms with Crippen LogP contribution in [0.2, 0.25) is 5.02 Å². The highest BCUT2D eigenvalue weighted by Gasteiger charge is 2.21. The fourth-order valence-corrected chi connectivity index (χ4v) is 4.21. The number of aromatic nitrogens is 1. The van der Waals surface area contributed by atoms with E-state index >= 15 is 0 Å². The summed E-state index contributed by atoms with van der Waals surface area (Å²) in [4.78, 5) is 6.04. The first-order chi connectivity index (χ1) is 11.7. The van der Waals surface area contributed by atoms with Gasteiger partial charge in [-0.05, 0) is 42.2 Å². The van der Waals surface area contributed by atoms with Gasteiger partial charge in [0.15, 0.2) is 0 Å². The van der Waals surface area contributed by atoms with E-state index in [2.05, 4.69) is 24.3 Å². The molecule has 24 heavy (non-hydrogen) atoms. The molecule has 1 heterocycles. The van der Waals surface area contributed by atoms with E-state index in [-0.39, 0.29) is 0 Å². The fraction of sp³-hybridized carbons (Fsp3) is 0.100. The number of aryl methyl sites for hydroxylation is 2. The molecule has 2 nitrogen and oxygen atoms in total. The Hall–Kier alpha value is -2.41. The quantitative estimate of drug-likeness (QED) is 0.563. The van der Waals surface area contributed by atoms with Gasteiger partial charge in [-0.2, -0.15) is 5.26 Å². The number of hydrogen-bond donors (Lipinski definition) is 0. The Labute approximate surface area is 149 Å². The Balaban J connectivity index is 1.78. The summed E-state index contributed by atoms with van der Waals surface area (Å²) in [5, 5.41) is 11.0. The van der Waals surface area contributed by atoms with Crippen molar-refractivity contribution in [3.63, 3.8) is 0 Å². The number of halogens is 1. The molecular weight excluding hydrogens is 336 g/mol. The van der Waals surface area contributed by atoms with E-state index in [0.717, 1.165) is 29.1 Å². The summed E-state index contributed by atoms with van der Waals surface area (Å²) in [6, 6.07) is 18.2. The van der Waals surface area contributed by atoms with Crippen LogP contribution in [0, 0.1) is 11.3 Å². The number of rotatable bonds is 2. The molecule has 0 amide bonds. The third-order valence-electron chi connectivity index (χ3n) is 4.10. The second-order valence-electron chi connectivity index (χ2n) is 5.67. The Kier molecular flexibility index (Phi) is 3.93. The van der Waals surface area contributed by atoms with Gasteiger partial charge in [0.2, 0.25) is 0 Å². The summed E-state index contributed by atoms with van der Waals surface area (Å²) in [6.07, 6.45) is 3.87. The van der Waals surface area contributed by atoms with Crippen molar-refractivity contribution in [2.45, 2.75) is 12.8 Å². The van der Waals surface area contributed by atoms with Crippen molar-refractivity contribution >= 4 is 34.6 Å². The lowest BCUT2D eigenvalue weighted by Crippen LogP contribution is -2.01. The van der Waals surface area contributed by atoms with Gasteiger partial charge in [0.1, 0.15) is 11.1 Å². The standard InChI is InChI=1S/C20H13ClN2S/c21-16-6-3-4-13(11-16)10-15(12-22)20-23-19-17-7-2-1-5-14(17)8-9-18(19)24-20/h1-7,10-11H,8-9H2. The maximum absolute atomic E-state index is 9.58. The Morgan fingerprint density at radius 3 is 2.88 bits per heavy atom. The number of nitriles is 1. The summed E-state index contributed by atoms with van der Waals surface area (Å²) in [5.41, 5.74) is 5.05. The maximum atomic E-state index is 9.58. The van der Waals surface area contributed by atoms with Crippen LogP contribution in [0.3, 0.4) is 0 Å². The molecule has 0 atom stereocenters. The molecule has 1 aliphatic carbocycles. The number of thiazole rings is 1. The Morgan fingerprint density at radius 1 is 1.17 bits per heavy atom. The zero-order valence-electron chi connectivity index (χ0n) is 12.8. The third kappa shape index (κ3) is 2.75. The lowest BCUT2D eigenvalue weighted by Gasteiger charge is -2.13. The summed E-state index contributed by atoms with van der Waals surface area (Å²) in [6.45, 7) is 0. The van der Waals surface area contributed by atoms with Gasteiger partial charge in [0, 0.05) is 15.5 Å². The van der Waals surface area contributed by atoms with Crippen molar-refractivity contribution in [1.29, 1.82) is 5.26 Å². The summed E-state index contributed by atoms with van der Waals surface area (Å²) in [7, 11) is 0. The first-order valence-electron chi connectivity index (χ1n) is 7.70. The van der Waals surface area contributed by atoms with Crippen LogP contribution < -0.4 is 0 Å². The minimum absolute atomic E-state index is 0.578. The van der Waals surface area contributed by atoms with Crippen LogP contribution in [-0.2, 0) is 12.8 Å². The lowest BCUT2D eigenvalue weighted by atomic mass is 9.94. The summed E-state index contributed by atoms with van der Waals surface area (Å²) >= 11 is 7.65. The molecule has 0 fully saturated rings. The second kappa shape index (κ2) is 6.24. The van der Waals surface area contributed by atoms with Crippen molar-refractivity contribution in [3.8, 4) is 17.3 Å². The van der Waals surface area contributed by atoms with Gasteiger partial charge in [-0.3, -0.25) is 0 Å². The summed E-state index contributed by atoms with van der Waals surface area (Å²) < 4.78 is 0. The van der Waals surface area contributed by atoms with E-state index in [1.54, 1.807) is 11.3 Å². The minimum atomic E-state index is 0.578. The van der Waals surface area contributed by atoms with Crippen molar-refractivity contribution in [2.75, 3.05) is 0 Å². The van der Waals surface area contributed by atoms with E-state index in [0.29, 0.717) is 10.6 Å². The maximum Gasteiger partial charge on any atom is 0.134 e. The number of hydrogen-bond acceptors (Lipinski definition) is 3. The van der Waals surface area contributed by atoms with Crippen LogP contribution in [-0.4, -0.2) is 4.98 Å². The number of benzene rings is 2. The van der Waals surface area contributed by atoms with Gasteiger partial charge in [0.05, 0.1) is 11.3 Å². The van der Waals surface area contributed by atoms with E-state index in [4.69, 9.17) is 16.6 Å². The molecule has 0 N–H and O–H groups in total. The van der Waals surface area contributed by atoms with Crippen LogP contribution in [0.25, 0.3) is 22.9 Å². The van der Waals surface area contributed by atoms with Crippen LogP contribution in [0.15, 0.2) is 48.5 Å². The molecule has 0 radical (unpaired) electrons. The molecule has 3 aromatic rings. The zero-order valence-corrected chi connectivity index (χ0v) is 14.4. The van der Waals surface area contributed by atoms with Crippen LogP contribution >= 0.6 is 22.9 Å². The van der Waals surface area contributed by atoms with Gasteiger partial charge in [-0.1, -0.05) is 48.0 Å². The van der Waals surface area contributed by atoms with Crippen molar-refractivity contribution in [3.05, 3.63) is 74.6 Å². The normalized spacial score (nSPS) is 13.1. The van der Waals surface area contributed by atoms with E-state index in [1.165, 1.54) is 16.0 Å². The Morgan fingerprint density at radius 2 is 2.04 bits per heavy atom. The molecule has 0 spiro atoms. The average molecular weight is 349 g/mol. The second-order valence-corrected chi connectivity index (χ2v) is 7.19. The molecule has 0 unspecified atom stereocenters. The smallest absolute Gasteiger partial charge is 0.134 e. The average Bonchev–Trinajstić information content (AvgIpc) is 3.04. The largest absolute Gasteiger partial charge is 0.235 e. The van der Waals surface area contributed by atoms with Crippen molar-refractivity contribution < 1.29 is 0 Å². The molecule has 2 aromatic carbocycles. The number of fused-ring (bicyclic) bond motifs is 3. The molecule has 0 saturated carbocycles. The first kappa shape index (κ1) is 15.1. The van der Waals surface area contributed by atoms with E-state index < -0.39 is 0 Å². The SMILES string of the molecule is N#CC(=Cc1cccc(Cl)c1)c1nc2c(s1)CCc1ccccc1-2. The molecule has 0 aliphatic heterocycles. The fourth-order valence-electron chi connectivity index (χ4n) is 2.97. The molecule has 1 aliphatic rings. The van der Waals surface area contributed by atoms with Crippen LogP contribution in [0.1, 0.15) is 21.0 Å². The zero-order chi connectivity index (χ0) is 16.5. The van der Waals surface area contributed by atoms with Gasteiger partial charge in [-0.15, -0.1) is 11.3 Å². The topological polar surface area (TPSA) is 36.7 Å². The highest BCUT2D eigenvalue weighted by molar-refractivity contribution is 7.13. The molecular formula is C20H13ClN2S. The first-order valence-corrected chi connectivity index (χ1v) is 8.90. The lowest BCUT2D eigenvalue weighted by molar-refractivity contribution is 0.955. The predicted octanol–water partition coefficient (Wildman–Crippen LogP) is 5.63. The van der Waals surface area contributed by atoms with Gasteiger partial charge < -0.3 is 0 Å². The number of nitrogens with zero attached hydrogens (tertiary/aromatic N) is 2. The summed E-state index contributed by atoms with van der Waals surface area (Å²) in [5.74, 6) is 0. The molecule has 4 rings (SSSR count).